The average molecular weight is 435 g/mol. The first-order chi connectivity index (χ1) is 13.7. The number of aromatic nitrogens is 3. The number of likely N-dealkylation sites (tertiary alicyclic amines) is 1. The molecule has 3 N–H and O–H groups in total. The topological polar surface area (TPSA) is 114 Å². The zero-order chi connectivity index (χ0) is 23.1. The number of hydrogen-bond acceptors (Lipinski definition) is 5. The second-order valence-electron chi connectivity index (χ2n) is 8.51. The number of carbonyl (C=O) groups is 2. The van der Waals surface area contributed by atoms with Crippen molar-refractivity contribution in [3.8, 4) is 0 Å². The van der Waals surface area contributed by atoms with Gasteiger partial charge in [-0.15, -0.1) is 5.10 Å². The Morgan fingerprint density at radius 3 is 2.20 bits per heavy atom. The Morgan fingerprint density at radius 1 is 1.27 bits per heavy atom. The molecular formula is C19H32F3N5O3. The summed E-state index contributed by atoms with van der Waals surface area (Å²) in [6.07, 6.45) is 1.53. The van der Waals surface area contributed by atoms with Crippen molar-refractivity contribution in [1.82, 2.24) is 19.9 Å². The monoisotopic (exact) mass is 435 g/mol. The van der Waals surface area contributed by atoms with Gasteiger partial charge in [0.2, 0.25) is 5.91 Å². The third kappa shape index (κ3) is 8.68. The van der Waals surface area contributed by atoms with Gasteiger partial charge in [-0.1, -0.05) is 25.5 Å². The van der Waals surface area contributed by atoms with Gasteiger partial charge in [0.15, 0.2) is 0 Å². The number of hydrogen-bond donors (Lipinski definition) is 2. The molecular weight excluding hydrogens is 403 g/mol. The number of amides is 1. The number of nitrogens with zero attached hydrogens (tertiary/aromatic N) is 4. The average Bonchev–Trinajstić information content (AvgIpc) is 3.11. The van der Waals surface area contributed by atoms with Crippen LogP contribution in [0, 0.1) is 5.92 Å². The van der Waals surface area contributed by atoms with E-state index in [1.165, 1.54) is 0 Å². The highest BCUT2D eigenvalue weighted by Crippen LogP contribution is 2.24. The van der Waals surface area contributed by atoms with Crippen molar-refractivity contribution in [3.63, 3.8) is 0 Å². The molecule has 0 atom stereocenters. The maximum atomic E-state index is 12.2. The van der Waals surface area contributed by atoms with Crippen molar-refractivity contribution in [2.75, 3.05) is 13.1 Å². The molecule has 0 unspecified atom stereocenters. The standard InChI is InChI=1S/C17H31N5O.C2HF3O2/c1-13(2)6-5-7-16(23)21-10-8-14(9-11-21)22-12-15(19-20-22)17(3,4)18;3-2(4,5)1(6)7/h12-14H,5-11,18H2,1-4H3;(H,6,7). The van der Waals surface area contributed by atoms with E-state index >= 15 is 0 Å². The first-order valence-electron chi connectivity index (χ1n) is 10.0. The maximum Gasteiger partial charge on any atom is 0.490 e. The summed E-state index contributed by atoms with van der Waals surface area (Å²) in [4.78, 5) is 23.1. The van der Waals surface area contributed by atoms with E-state index in [4.69, 9.17) is 15.6 Å². The molecule has 0 spiro atoms. The minimum atomic E-state index is -5.08. The van der Waals surface area contributed by atoms with E-state index in [9.17, 15) is 18.0 Å². The Balaban J connectivity index is 0.000000553. The molecule has 2 rings (SSSR count). The van der Waals surface area contributed by atoms with Crippen LogP contribution >= 0.6 is 0 Å². The number of aliphatic carboxylic acids is 1. The second-order valence-corrected chi connectivity index (χ2v) is 8.51. The molecule has 0 saturated carbocycles. The SMILES string of the molecule is CC(C)CCCC(=O)N1CCC(n2cc(C(C)(C)N)nn2)CC1.O=C(O)C(F)(F)F. The molecule has 1 amide bonds. The third-order valence-corrected chi connectivity index (χ3v) is 4.78. The summed E-state index contributed by atoms with van der Waals surface area (Å²) in [6.45, 7) is 9.88. The highest BCUT2D eigenvalue weighted by atomic mass is 19.4. The second kappa shape index (κ2) is 10.7. The molecule has 0 aromatic carbocycles. The molecule has 1 saturated heterocycles. The van der Waals surface area contributed by atoms with E-state index in [0.29, 0.717) is 24.3 Å². The van der Waals surface area contributed by atoms with Crippen molar-refractivity contribution < 1.29 is 27.9 Å². The van der Waals surface area contributed by atoms with Gasteiger partial charge in [-0.2, -0.15) is 13.2 Å². The van der Waals surface area contributed by atoms with Crippen LogP contribution < -0.4 is 5.73 Å². The third-order valence-electron chi connectivity index (χ3n) is 4.78. The van der Waals surface area contributed by atoms with Gasteiger partial charge in [0, 0.05) is 19.5 Å². The van der Waals surface area contributed by atoms with E-state index < -0.39 is 17.7 Å². The largest absolute Gasteiger partial charge is 0.490 e. The van der Waals surface area contributed by atoms with Crippen LogP contribution in [-0.4, -0.2) is 56.1 Å². The summed E-state index contributed by atoms with van der Waals surface area (Å²) in [6, 6.07) is 0.318. The predicted molar refractivity (Wildman–Crippen MR) is 104 cm³/mol. The summed E-state index contributed by atoms with van der Waals surface area (Å²) >= 11 is 0. The van der Waals surface area contributed by atoms with Crippen LogP contribution in [0.2, 0.25) is 0 Å². The van der Waals surface area contributed by atoms with Crippen LogP contribution in [0.25, 0.3) is 0 Å². The summed E-state index contributed by atoms with van der Waals surface area (Å²) in [5.74, 6) is -1.79. The van der Waals surface area contributed by atoms with E-state index in [1.807, 2.05) is 29.6 Å². The molecule has 0 aliphatic carbocycles. The molecule has 2 heterocycles. The van der Waals surface area contributed by atoms with E-state index in [-0.39, 0.29) is 0 Å². The molecule has 8 nitrogen and oxygen atoms in total. The number of piperidine rings is 1. The van der Waals surface area contributed by atoms with Gasteiger partial charge in [0.1, 0.15) is 5.69 Å². The van der Waals surface area contributed by atoms with Crippen molar-refractivity contribution >= 4 is 11.9 Å². The number of rotatable bonds is 6. The summed E-state index contributed by atoms with van der Waals surface area (Å²) < 4.78 is 33.7. The Morgan fingerprint density at radius 2 is 1.80 bits per heavy atom. The Labute approximate surface area is 174 Å². The smallest absolute Gasteiger partial charge is 0.475 e. The van der Waals surface area contributed by atoms with Crippen molar-refractivity contribution in [2.24, 2.45) is 11.7 Å². The molecule has 1 aliphatic heterocycles. The lowest BCUT2D eigenvalue weighted by Gasteiger charge is -2.32. The number of nitrogens with two attached hydrogens (primary N) is 1. The van der Waals surface area contributed by atoms with Gasteiger partial charge >= 0.3 is 12.1 Å². The van der Waals surface area contributed by atoms with Gasteiger partial charge in [-0.05, 0) is 39.0 Å². The molecule has 1 aromatic rings. The van der Waals surface area contributed by atoms with E-state index in [0.717, 1.165) is 44.5 Å². The van der Waals surface area contributed by atoms with E-state index in [2.05, 4.69) is 24.2 Å². The molecule has 1 aliphatic rings. The highest BCUT2D eigenvalue weighted by Gasteiger charge is 2.38. The molecule has 172 valence electrons. The van der Waals surface area contributed by atoms with Crippen LogP contribution in [0.15, 0.2) is 6.20 Å². The normalized spacial score (nSPS) is 15.7. The molecule has 30 heavy (non-hydrogen) atoms. The van der Waals surface area contributed by atoms with Crippen LogP contribution in [0.4, 0.5) is 13.2 Å². The minimum Gasteiger partial charge on any atom is -0.475 e. The number of alkyl halides is 3. The fourth-order valence-corrected chi connectivity index (χ4v) is 2.95. The number of carboxylic acid groups (broad SMARTS) is 1. The maximum absolute atomic E-state index is 12.2. The van der Waals surface area contributed by atoms with Gasteiger partial charge in [-0.3, -0.25) is 4.79 Å². The summed E-state index contributed by atoms with van der Waals surface area (Å²) in [5, 5.41) is 15.5. The highest BCUT2D eigenvalue weighted by molar-refractivity contribution is 5.76. The van der Waals surface area contributed by atoms with Gasteiger partial charge < -0.3 is 15.7 Å². The lowest BCUT2D eigenvalue weighted by molar-refractivity contribution is -0.192. The first-order valence-corrected chi connectivity index (χ1v) is 10.0. The Hall–Kier alpha value is -2.17. The Kier molecular flexibility index (Phi) is 9.26. The van der Waals surface area contributed by atoms with Crippen molar-refractivity contribution in [1.29, 1.82) is 0 Å². The van der Waals surface area contributed by atoms with Crippen molar-refractivity contribution in [3.05, 3.63) is 11.9 Å². The predicted octanol–water partition coefficient (Wildman–Crippen LogP) is 3.10. The minimum absolute atomic E-state index is 0.298. The molecule has 0 bridgehead atoms. The summed E-state index contributed by atoms with van der Waals surface area (Å²) in [5.41, 5.74) is 6.40. The van der Waals surface area contributed by atoms with E-state index in [1.54, 1.807) is 0 Å². The van der Waals surface area contributed by atoms with Gasteiger partial charge in [0.25, 0.3) is 0 Å². The van der Waals surface area contributed by atoms with Crippen LogP contribution in [0.3, 0.4) is 0 Å². The molecule has 11 heteroatoms. The zero-order valence-corrected chi connectivity index (χ0v) is 17.9. The number of carboxylic acids is 1. The Bertz CT molecular complexity index is 690. The van der Waals surface area contributed by atoms with Gasteiger partial charge in [0.05, 0.1) is 17.8 Å². The molecule has 1 aromatic heterocycles. The zero-order valence-electron chi connectivity index (χ0n) is 17.9. The van der Waals surface area contributed by atoms with Gasteiger partial charge in [-0.25, -0.2) is 9.48 Å². The fraction of sp³-hybridized carbons (Fsp3) is 0.789. The van der Waals surface area contributed by atoms with Crippen LogP contribution in [0.5, 0.6) is 0 Å². The van der Waals surface area contributed by atoms with Crippen LogP contribution in [0.1, 0.15) is 71.5 Å². The van der Waals surface area contributed by atoms with Crippen molar-refractivity contribution in [2.45, 2.75) is 77.6 Å². The fourth-order valence-electron chi connectivity index (χ4n) is 2.95. The lowest BCUT2D eigenvalue weighted by atomic mass is 10.0. The van der Waals surface area contributed by atoms with Crippen LogP contribution in [-0.2, 0) is 15.1 Å². The molecule has 1 fully saturated rings. The first kappa shape index (κ1) is 25.9. The summed E-state index contributed by atoms with van der Waals surface area (Å²) in [7, 11) is 0. The lowest BCUT2D eigenvalue weighted by Crippen LogP contribution is -2.39. The quantitative estimate of drug-likeness (QED) is 0.710. The number of carbonyl (C=O) groups excluding carboxylic acids is 1. The number of halogens is 3. The molecule has 0 radical (unpaired) electrons.